The van der Waals surface area contributed by atoms with Crippen LogP contribution >= 0.6 is 0 Å². The zero-order valence-electron chi connectivity index (χ0n) is 15.4. The Bertz CT molecular complexity index is 855. The third-order valence-corrected chi connectivity index (χ3v) is 5.99. The van der Waals surface area contributed by atoms with Gasteiger partial charge in [0.25, 0.3) is 0 Å². The summed E-state index contributed by atoms with van der Waals surface area (Å²) >= 11 is 0. The van der Waals surface area contributed by atoms with Crippen molar-refractivity contribution in [1.29, 1.82) is 0 Å². The number of methoxy groups -OCH3 is 1. The van der Waals surface area contributed by atoms with Gasteiger partial charge in [-0.2, -0.15) is 0 Å². The monoisotopic (exact) mass is 338 g/mol. The molecule has 1 saturated heterocycles. The van der Waals surface area contributed by atoms with Gasteiger partial charge in [-0.05, 0) is 61.5 Å². The molecule has 130 valence electrons. The molecule has 2 aromatic carbocycles. The van der Waals surface area contributed by atoms with Crippen molar-refractivity contribution in [3.05, 3.63) is 41.5 Å². The summed E-state index contributed by atoms with van der Waals surface area (Å²) in [5.74, 6) is -0.405. The predicted molar refractivity (Wildman–Crippen MR) is 98.1 cm³/mol. The van der Waals surface area contributed by atoms with Gasteiger partial charge in [0.15, 0.2) is 0 Å². The van der Waals surface area contributed by atoms with E-state index in [0.29, 0.717) is 6.42 Å². The summed E-state index contributed by atoms with van der Waals surface area (Å²) in [5, 5.41) is 2.24. The Hall–Kier alpha value is -1.85. The van der Waals surface area contributed by atoms with Gasteiger partial charge in [0.05, 0.1) is 24.2 Å². The molecule has 4 nitrogen and oxygen atoms in total. The summed E-state index contributed by atoms with van der Waals surface area (Å²) in [6, 6.07) is 10.3. The van der Waals surface area contributed by atoms with E-state index >= 15 is 0 Å². The van der Waals surface area contributed by atoms with Crippen LogP contribution in [0.5, 0.6) is 0 Å². The molecule has 1 atom stereocenters. The van der Waals surface area contributed by atoms with Crippen LogP contribution in [-0.4, -0.2) is 31.4 Å². The fourth-order valence-corrected chi connectivity index (χ4v) is 3.85. The Morgan fingerprint density at radius 2 is 1.80 bits per heavy atom. The number of carbonyl (C=O) groups is 1. The topological polar surface area (TPSA) is 44.8 Å². The maximum absolute atomic E-state index is 12.2. The summed E-state index contributed by atoms with van der Waals surface area (Å²) in [6.07, 6.45) is 0.687. The molecule has 1 unspecified atom stereocenters. The Kier molecular flexibility index (Phi) is 3.54. The van der Waals surface area contributed by atoms with Crippen molar-refractivity contribution >= 4 is 29.3 Å². The van der Waals surface area contributed by atoms with Crippen LogP contribution in [0.25, 0.3) is 10.8 Å². The highest BCUT2D eigenvalue weighted by Gasteiger charge is 2.52. The van der Waals surface area contributed by atoms with Crippen molar-refractivity contribution in [3.63, 3.8) is 0 Å². The van der Waals surface area contributed by atoms with Crippen molar-refractivity contribution in [3.8, 4) is 0 Å². The highest BCUT2D eigenvalue weighted by molar-refractivity contribution is 6.65. The fraction of sp³-hybridized carbons (Fsp3) is 0.450. The first-order valence-electron chi connectivity index (χ1n) is 8.73. The number of rotatable bonds is 2. The largest absolute Gasteiger partial charge is 0.495 e. The van der Waals surface area contributed by atoms with Gasteiger partial charge >= 0.3 is 13.1 Å². The number of hydrogen-bond acceptors (Lipinski definition) is 4. The molecular weight excluding hydrogens is 315 g/mol. The Morgan fingerprint density at radius 1 is 1.12 bits per heavy atom. The van der Waals surface area contributed by atoms with Gasteiger partial charge in [0, 0.05) is 0 Å². The number of carbonyl (C=O) groups excluding carboxylic acids is 1. The average Bonchev–Trinajstić information content (AvgIpc) is 3.03. The Morgan fingerprint density at radius 3 is 2.44 bits per heavy atom. The molecule has 1 aliphatic heterocycles. The fourth-order valence-electron chi connectivity index (χ4n) is 3.85. The summed E-state index contributed by atoms with van der Waals surface area (Å²) in [4.78, 5) is 12.2. The van der Waals surface area contributed by atoms with Crippen LogP contribution in [0.2, 0.25) is 0 Å². The van der Waals surface area contributed by atoms with E-state index in [1.54, 1.807) is 0 Å². The van der Waals surface area contributed by atoms with E-state index in [1.807, 2.05) is 18.2 Å². The first-order chi connectivity index (χ1) is 11.7. The van der Waals surface area contributed by atoms with Crippen LogP contribution in [0.3, 0.4) is 0 Å². The lowest BCUT2D eigenvalue weighted by molar-refractivity contribution is -0.142. The molecule has 0 saturated carbocycles. The number of benzene rings is 2. The van der Waals surface area contributed by atoms with Gasteiger partial charge in [-0.1, -0.05) is 30.3 Å². The minimum absolute atomic E-state index is 0.180. The molecule has 5 heteroatoms. The highest BCUT2D eigenvalue weighted by atomic mass is 16.7. The van der Waals surface area contributed by atoms with E-state index < -0.39 is 7.12 Å². The normalized spacial score (nSPS) is 23.2. The number of esters is 1. The Balaban J connectivity index is 1.84. The molecule has 0 bridgehead atoms. The third kappa shape index (κ3) is 2.33. The van der Waals surface area contributed by atoms with Crippen molar-refractivity contribution in [2.45, 2.75) is 51.2 Å². The molecule has 0 amide bonds. The molecule has 2 aliphatic rings. The second-order valence-electron chi connectivity index (χ2n) is 7.95. The molecule has 2 aromatic rings. The van der Waals surface area contributed by atoms with Crippen LogP contribution in [0.4, 0.5) is 0 Å². The third-order valence-electron chi connectivity index (χ3n) is 5.99. The maximum Gasteiger partial charge on any atom is 0.495 e. The smallest absolute Gasteiger partial charge is 0.469 e. The zero-order chi connectivity index (χ0) is 18.0. The quantitative estimate of drug-likeness (QED) is 0.624. The molecule has 1 fully saturated rings. The van der Waals surface area contributed by atoms with Crippen molar-refractivity contribution in [1.82, 2.24) is 0 Å². The molecule has 0 spiro atoms. The molecule has 0 radical (unpaired) electrons. The number of hydrogen-bond donors (Lipinski definition) is 0. The van der Waals surface area contributed by atoms with Gasteiger partial charge in [0.1, 0.15) is 0 Å². The van der Waals surface area contributed by atoms with Gasteiger partial charge in [-0.25, -0.2) is 0 Å². The van der Waals surface area contributed by atoms with E-state index in [2.05, 4.69) is 39.8 Å². The SMILES string of the molecule is COC(=O)C1Cc2cccc3c(B4OC(C)(C)C(C)(C)O4)ccc1c23. The lowest BCUT2D eigenvalue weighted by Gasteiger charge is -2.32. The summed E-state index contributed by atoms with van der Waals surface area (Å²) in [6.45, 7) is 8.22. The molecular formula is C20H23BO4. The van der Waals surface area contributed by atoms with Crippen molar-refractivity contribution in [2.24, 2.45) is 0 Å². The standard InChI is InChI=1S/C20H23BO4/c1-19(2)20(3,4)25-21(24-19)16-10-9-13-15(18(22)23-5)11-12-7-6-8-14(16)17(12)13/h6-10,15H,11H2,1-5H3. The van der Waals surface area contributed by atoms with E-state index in [1.165, 1.54) is 12.7 Å². The molecule has 1 aliphatic carbocycles. The molecule has 1 heterocycles. The summed E-state index contributed by atoms with van der Waals surface area (Å²) < 4.78 is 17.5. The Labute approximate surface area is 148 Å². The van der Waals surface area contributed by atoms with E-state index in [-0.39, 0.29) is 23.1 Å². The second-order valence-corrected chi connectivity index (χ2v) is 7.95. The van der Waals surface area contributed by atoms with E-state index in [4.69, 9.17) is 14.0 Å². The van der Waals surface area contributed by atoms with Gasteiger partial charge < -0.3 is 14.0 Å². The minimum atomic E-state index is -0.411. The van der Waals surface area contributed by atoms with Gasteiger partial charge in [-0.15, -0.1) is 0 Å². The van der Waals surface area contributed by atoms with Crippen LogP contribution in [-0.2, 0) is 25.3 Å². The van der Waals surface area contributed by atoms with E-state index in [9.17, 15) is 4.79 Å². The molecule has 0 aromatic heterocycles. The lowest BCUT2D eigenvalue weighted by atomic mass is 9.75. The van der Waals surface area contributed by atoms with Crippen LogP contribution < -0.4 is 5.46 Å². The molecule has 4 rings (SSSR count). The first kappa shape index (κ1) is 16.6. The highest BCUT2D eigenvalue weighted by Crippen LogP contribution is 2.41. The average molecular weight is 338 g/mol. The number of ether oxygens (including phenoxy) is 1. The summed E-state index contributed by atoms with van der Waals surface area (Å²) in [7, 11) is 1.04. The van der Waals surface area contributed by atoms with Crippen LogP contribution in [0.1, 0.15) is 44.7 Å². The summed E-state index contributed by atoms with van der Waals surface area (Å²) in [5.41, 5.74) is 2.48. The van der Waals surface area contributed by atoms with Crippen molar-refractivity contribution in [2.75, 3.05) is 7.11 Å². The van der Waals surface area contributed by atoms with E-state index in [0.717, 1.165) is 21.8 Å². The predicted octanol–water partition coefficient (Wildman–Crippen LogP) is 2.95. The first-order valence-corrected chi connectivity index (χ1v) is 8.73. The van der Waals surface area contributed by atoms with Crippen LogP contribution in [0, 0.1) is 0 Å². The maximum atomic E-state index is 12.2. The minimum Gasteiger partial charge on any atom is -0.469 e. The van der Waals surface area contributed by atoms with Crippen LogP contribution in [0.15, 0.2) is 30.3 Å². The lowest BCUT2D eigenvalue weighted by Crippen LogP contribution is -2.41. The van der Waals surface area contributed by atoms with Gasteiger partial charge in [0.2, 0.25) is 0 Å². The molecule has 0 N–H and O–H groups in total. The van der Waals surface area contributed by atoms with Gasteiger partial charge in [-0.3, -0.25) is 4.79 Å². The zero-order valence-corrected chi connectivity index (χ0v) is 15.4. The van der Waals surface area contributed by atoms with Crippen molar-refractivity contribution < 1.29 is 18.8 Å². The molecule has 25 heavy (non-hydrogen) atoms. The second kappa shape index (κ2) is 5.32.